The average Bonchev–Trinajstić information content (AvgIpc) is 3.55. The van der Waals surface area contributed by atoms with Gasteiger partial charge in [-0.15, -0.1) is 0 Å². The minimum atomic E-state index is -0.346. The highest BCUT2D eigenvalue weighted by atomic mass is 19.1. The number of amides is 1. The fourth-order valence-corrected chi connectivity index (χ4v) is 4.12. The third-order valence-electron chi connectivity index (χ3n) is 5.71. The number of para-hydroxylation sites is 1. The van der Waals surface area contributed by atoms with E-state index in [2.05, 4.69) is 20.4 Å². The molecule has 0 radical (unpaired) electrons. The second kappa shape index (κ2) is 8.91. The van der Waals surface area contributed by atoms with Gasteiger partial charge in [0.15, 0.2) is 0 Å². The van der Waals surface area contributed by atoms with Crippen molar-refractivity contribution in [2.75, 3.05) is 19.8 Å². The van der Waals surface area contributed by atoms with Crippen molar-refractivity contribution in [3.8, 4) is 11.4 Å². The SMILES string of the molecule is Cc1cccc(C(=O)N2CCOCC2Cc2cc(-n3nccn3)ccc2F)c1-n1nccn1. The lowest BCUT2D eigenvalue weighted by Gasteiger charge is -2.36. The number of hydrogen-bond acceptors (Lipinski definition) is 6. The number of benzene rings is 2. The maximum atomic E-state index is 14.7. The third-order valence-corrected chi connectivity index (χ3v) is 5.71. The van der Waals surface area contributed by atoms with Crippen LogP contribution in [-0.2, 0) is 11.2 Å². The largest absolute Gasteiger partial charge is 0.377 e. The first-order valence-electron chi connectivity index (χ1n) is 10.6. The molecule has 1 aliphatic rings. The van der Waals surface area contributed by atoms with E-state index in [1.807, 2.05) is 19.1 Å². The van der Waals surface area contributed by atoms with E-state index in [9.17, 15) is 9.18 Å². The molecule has 0 aliphatic carbocycles. The van der Waals surface area contributed by atoms with Gasteiger partial charge in [0.2, 0.25) is 0 Å². The van der Waals surface area contributed by atoms with Crippen molar-refractivity contribution >= 4 is 5.91 Å². The van der Waals surface area contributed by atoms with E-state index in [4.69, 9.17) is 4.74 Å². The van der Waals surface area contributed by atoms with Gasteiger partial charge in [-0.1, -0.05) is 12.1 Å². The minimum Gasteiger partial charge on any atom is -0.377 e. The maximum absolute atomic E-state index is 14.7. The molecular weight excluding hydrogens is 425 g/mol. The molecule has 1 unspecified atom stereocenters. The summed E-state index contributed by atoms with van der Waals surface area (Å²) in [7, 11) is 0. The van der Waals surface area contributed by atoms with Crippen molar-refractivity contribution in [3.05, 3.63) is 83.7 Å². The normalized spacial score (nSPS) is 16.2. The first kappa shape index (κ1) is 21.0. The van der Waals surface area contributed by atoms with Crippen LogP contribution in [0.15, 0.2) is 61.2 Å². The Bertz CT molecular complexity index is 1260. The zero-order valence-electron chi connectivity index (χ0n) is 18.0. The second-order valence-corrected chi connectivity index (χ2v) is 7.82. The fraction of sp³-hybridized carbons (Fsp3) is 0.261. The molecule has 4 aromatic rings. The Balaban J connectivity index is 1.46. The molecular formula is C23H22FN7O2. The molecule has 10 heteroatoms. The van der Waals surface area contributed by atoms with Crippen LogP contribution in [0.25, 0.3) is 11.4 Å². The summed E-state index contributed by atoms with van der Waals surface area (Å²) in [6.45, 7) is 3.06. The summed E-state index contributed by atoms with van der Waals surface area (Å²) < 4.78 is 20.4. The van der Waals surface area contributed by atoms with Crippen molar-refractivity contribution in [1.82, 2.24) is 34.9 Å². The second-order valence-electron chi connectivity index (χ2n) is 7.82. The molecule has 0 N–H and O–H groups in total. The molecule has 0 spiro atoms. The summed E-state index contributed by atoms with van der Waals surface area (Å²) >= 11 is 0. The number of morpholine rings is 1. The standard InChI is InChI=1S/C23H22FN7O2/c1-16-3-2-4-20(22(16)31-27-9-10-28-31)23(32)29-11-12-33-15-19(29)14-17-13-18(5-6-21(17)24)30-25-7-8-26-30/h2-10,13,19H,11-12,14-15H2,1H3. The molecule has 1 saturated heterocycles. The molecule has 9 nitrogen and oxygen atoms in total. The van der Waals surface area contributed by atoms with Gasteiger partial charge in [0, 0.05) is 6.54 Å². The van der Waals surface area contributed by atoms with Crippen molar-refractivity contribution in [2.24, 2.45) is 0 Å². The molecule has 1 fully saturated rings. The Labute approximate surface area is 189 Å². The van der Waals surface area contributed by atoms with E-state index < -0.39 is 0 Å². The topological polar surface area (TPSA) is 91.0 Å². The number of hydrogen-bond donors (Lipinski definition) is 0. The average molecular weight is 447 g/mol. The van der Waals surface area contributed by atoms with Gasteiger partial charge in [-0.25, -0.2) is 4.39 Å². The number of halogens is 1. The molecule has 2 aromatic carbocycles. The molecule has 0 bridgehead atoms. The van der Waals surface area contributed by atoms with Crippen LogP contribution in [0.1, 0.15) is 21.5 Å². The zero-order chi connectivity index (χ0) is 22.8. The van der Waals surface area contributed by atoms with Crippen LogP contribution in [-0.4, -0.2) is 66.6 Å². The van der Waals surface area contributed by atoms with Crippen LogP contribution >= 0.6 is 0 Å². The van der Waals surface area contributed by atoms with Gasteiger partial charge in [0.25, 0.3) is 5.91 Å². The van der Waals surface area contributed by atoms with E-state index in [0.717, 1.165) is 5.56 Å². The smallest absolute Gasteiger partial charge is 0.256 e. The van der Waals surface area contributed by atoms with Crippen LogP contribution in [0.3, 0.4) is 0 Å². The molecule has 1 atom stereocenters. The number of carbonyl (C=O) groups is 1. The predicted molar refractivity (Wildman–Crippen MR) is 117 cm³/mol. The minimum absolute atomic E-state index is 0.162. The van der Waals surface area contributed by atoms with Gasteiger partial charge in [0.1, 0.15) is 11.5 Å². The number of ether oxygens (including phenoxy) is 1. The number of rotatable bonds is 5. The van der Waals surface area contributed by atoms with Gasteiger partial charge in [-0.2, -0.15) is 30.0 Å². The fourth-order valence-electron chi connectivity index (χ4n) is 4.12. The van der Waals surface area contributed by atoms with E-state index in [1.165, 1.54) is 15.7 Å². The van der Waals surface area contributed by atoms with E-state index in [1.54, 1.807) is 47.9 Å². The Hall–Kier alpha value is -3.92. The van der Waals surface area contributed by atoms with Crippen LogP contribution in [0.5, 0.6) is 0 Å². The van der Waals surface area contributed by atoms with Crippen molar-refractivity contribution in [1.29, 1.82) is 0 Å². The van der Waals surface area contributed by atoms with Gasteiger partial charge < -0.3 is 9.64 Å². The molecule has 1 amide bonds. The van der Waals surface area contributed by atoms with Gasteiger partial charge >= 0.3 is 0 Å². The lowest BCUT2D eigenvalue weighted by molar-refractivity contribution is -0.00186. The Kier molecular flexibility index (Phi) is 5.66. The Morgan fingerprint density at radius 1 is 1.06 bits per heavy atom. The van der Waals surface area contributed by atoms with Crippen molar-refractivity contribution < 1.29 is 13.9 Å². The lowest BCUT2D eigenvalue weighted by Crippen LogP contribution is -2.50. The highest BCUT2D eigenvalue weighted by molar-refractivity contribution is 5.98. The number of aromatic nitrogens is 6. The molecule has 2 aromatic heterocycles. The zero-order valence-corrected chi connectivity index (χ0v) is 18.0. The highest BCUT2D eigenvalue weighted by Gasteiger charge is 2.31. The molecule has 5 rings (SSSR count). The summed E-state index contributed by atoms with van der Waals surface area (Å²) in [5.41, 5.74) is 3.13. The summed E-state index contributed by atoms with van der Waals surface area (Å²) in [4.78, 5) is 18.3. The quantitative estimate of drug-likeness (QED) is 0.467. The molecule has 168 valence electrons. The van der Waals surface area contributed by atoms with Crippen LogP contribution in [0, 0.1) is 12.7 Å². The molecule has 33 heavy (non-hydrogen) atoms. The summed E-state index contributed by atoms with van der Waals surface area (Å²) in [5.74, 6) is -0.509. The number of carbonyl (C=O) groups excluding carboxylic acids is 1. The third kappa shape index (κ3) is 4.12. The summed E-state index contributed by atoms with van der Waals surface area (Å²) in [6, 6.07) is 9.91. The van der Waals surface area contributed by atoms with Crippen LogP contribution in [0.2, 0.25) is 0 Å². The van der Waals surface area contributed by atoms with Crippen LogP contribution < -0.4 is 0 Å². The first-order chi connectivity index (χ1) is 16.1. The Morgan fingerprint density at radius 2 is 1.79 bits per heavy atom. The van der Waals surface area contributed by atoms with Gasteiger partial charge in [-0.05, 0) is 48.7 Å². The van der Waals surface area contributed by atoms with Crippen molar-refractivity contribution in [2.45, 2.75) is 19.4 Å². The molecule has 1 aliphatic heterocycles. The monoisotopic (exact) mass is 447 g/mol. The number of nitrogens with zero attached hydrogens (tertiary/aromatic N) is 7. The lowest BCUT2D eigenvalue weighted by atomic mass is 10.0. The van der Waals surface area contributed by atoms with Crippen LogP contribution in [0.4, 0.5) is 4.39 Å². The summed E-state index contributed by atoms with van der Waals surface area (Å²) in [5, 5.41) is 16.6. The maximum Gasteiger partial charge on any atom is 0.256 e. The molecule has 0 saturated carbocycles. The summed E-state index contributed by atoms with van der Waals surface area (Å²) in [6.07, 6.45) is 6.57. The van der Waals surface area contributed by atoms with E-state index in [-0.39, 0.29) is 17.8 Å². The first-order valence-corrected chi connectivity index (χ1v) is 10.6. The van der Waals surface area contributed by atoms with E-state index in [0.29, 0.717) is 48.7 Å². The Morgan fingerprint density at radius 3 is 2.55 bits per heavy atom. The molecule has 3 heterocycles. The van der Waals surface area contributed by atoms with Gasteiger partial charge in [0.05, 0.1) is 55.3 Å². The predicted octanol–water partition coefficient (Wildman–Crippen LogP) is 2.38. The van der Waals surface area contributed by atoms with Crippen molar-refractivity contribution in [3.63, 3.8) is 0 Å². The van der Waals surface area contributed by atoms with E-state index >= 15 is 0 Å². The van der Waals surface area contributed by atoms with Gasteiger partial charge in [-0.3, -0.25) is 4.79 Å². The highest BCUT2D eigenvalue weighted by Crippen LogP contribution is 2.24. The number of aryl methyl sites for hydroxylation is 1.